The molecule has 2 heteroatoms. The minimum Gasteiger partial charge on any atom is -0.339 e. The fourth-order valence-corrected chi connectivity index (χ4v) is 2.75. The van der Waals surface area contributed by atoms with Gasteiger partial charge in [-0.2, -0.15) is 0 Å². The van der Waals surface area contributed by atoms with Crippen molar-refractivity contribution in [1.82, 2.24) is 0 Å². The summed E-state index contributed by atoms with van der Waals surface area (Å²) in [5.74, 6) is 0.886. The van der Waals surface area contributed by atoms with E-state index < -0.39 is 0 Å². The number of benzene rings is 3. The number of aliphatic imine (C=N–C) groups is 1. The molecule has 0 saturated heterocycles. The molecule has 0 amide bonds. The fourth-order valence-electron chi connectivity index (χ4n) is 2.75. The van der Waals surface area contributed by atoms with Gasteiger partial charge in [-0.1, -0.05) is 66.2 Å². The summed E-state index contributed by atoms with van der Waals surface area (Å²) in [6.45, 7) is 2.09. The number of hydrogen-bond acceptors (Lipinski definition) is 2. The Morgan fingerprint density at radius 3 is 2.23 bits per heavy atom. The number of nitrogens with one attached hydrogen (secondary N) is 1. The number of amidine groups is 1. The lowest BCUT2D eigenvalue weighted by atomic mass is 10.0. The second-order valence-corrected chi connectivity index (χ2v) is 5.51. The third-order valence-corrected chi connectivity index (χ3v) is 3.93. The third kappa shape index (κ3) is 2.19. The maximum atomic E-state index is 4.86. The van der Waals surface area contributed by atoms with E-state index in [9.17, 15) is 0 Å². The highest BCUT2D eigenvalue weighted by atomic mass is 15.0. The average molecular weight is 284 g/mol. The maximum absolute atomic E-state index is 4.86. The zero-order chi connectivity index (χ0) is 14.9. The Morgan fingerprint density at radius 1 is 0.727 bits per heavy atom. The van der Waals surface area contributed by atoms with Gasteiger partial charge in [0.15, 0.2) is 0 Å². The van der Waals surface area contributed by atoms with E-state index >= 15 is 0 Å². The molecule has 2 nitrogen and oxygen atoms in total. The van der Waals surface area contributed by atoms with Crippen LogP contribution in [0.2, 0.25) is 0 Å². The molecule has 0 unspecified atom stereocenters. The van der Waals surface area contributed by atoms with Gasteiger partial charge in [-0.25, -0.2) is 4.99 Å². The first-order chi connectivity index (χ1) is 10.8. The van der Waals surface area contributed by atoms with E-state index in [1.807, 2.05) is 12.1 Å². The van der Waals surface area contributed by atoms with Crippen LogP contribution < -0.4 is 5.32 Å². The molecule has 3 aromatic carbocycles. The lowest BCUT2D eigenvalue weighted by Gasteiger charge is -2.10. The summed E-state index contributed by atoms with van der Waals surface area (Å²) >= 11 is 0. The Bertz CT molecular complexity index is 861. The first-order valence-corrected chi connectivity index (χ1v) is 7.42. The van der Waals surface area contributed by atoms with E-state index in [0.717, 1.165) is 28.3 Å². The number of para-hydroxylation sites is 2. The molecule has 0 saturated carbocycles. The van der Waals surface area contributed by atoms with Gasteiger partial charge in [0.25, 0.3) is 0 Å². The highest BCUT2D eigenvalue weighted by Gasteiger charge is 2.15. The molecule has 1 aliphatic rings. The second-order valence-electron chi connectivity index (χ2n) is 5.51. The molecule has 22 heavy (non-hydrogen) atoms. The van der Waals surface area contributed by atoms with E-state index in [2.05, 4.69) is 72.9 Å². The van der Waals surface area contributed by atoms with Crippen LogP contribution in [0, 0.1) is 6.92 Å². The summed E-state index contributed by atoms with van der Waals surface area (Å²) in [5.41, 5.74) is 6.77. The number of rotatable bonds is 1. The van der Waals surface area contributed by atoms with Crippen LogP contribution in [-0.4, -0.2) is 5.84 Å². The van der Waals surface area contributed by atoms with Crippen molar-refractivity contribution in [1.29, 1.82) is 0 Å². The van der Waals surface area contributed by atoms with Gasteiger partial charge in [0, 0.05) is 22.4 Å². The molecule has 1 heterocycles. The molecule has 0 fully saturated rings. The highest BCUT2D eigenvalue weighted by Crippen LogP contribution is 2.37. The summed E-state index contributed by atoms with van der Waals surface area (Å²) in [6.07, 6.45) is 0. The van der Waals surface area contributed by atoms with E-state index in [1.54, 1.807) is 0 Å². The summed E-state index contributed by atoms with van der Waals surface area (Å²) in [6, 6.07) is 25.1. The van der Waals surface area contributed by atoms with E-state index in [1.165, 1.54) is 11.1 Å². The van der Waals surface area contributed by atoms with Crippen molar-refractivity contribution in [2.24, 2.45) is 4.99 Å². The van der Waals surface area contributed by atoms with Crippen molar-refractivity contribution in [3.8, 4) is 11.1 Å². The van der Waals surface area contributed by atoms with Gasteiger partial charge in [-0.15, -0.1) is 0 Å². The highest BCUT2D eigenvalue weighted by molar-refractivity contribution is 6.13. The van der Waals surface area contributed by atoms with Crippen LogP contribution in [0.3, 0.4) is 0 Å². The Kier molecular flexibility index (Phi) is 3.01. The van der Waals surface area contributed by atoms with Crippen LogP contribution in [0.15, 0.2) is 77.8 Å². The number of fused-ring (bicyclic) bond motifs is 3. The van der Waals surface area contributed by atoms with Gasteiger partial charge in [0.05, 0.1) is 5.69 Å². The van der Waals surface area contributed by atoms with Gasteiger partial charge in [-0.05, 0) is 19.1 Å². The zero-order valence-electron chi connectivity index (χ0n) is 12.4. The number of anilines is 1. The lowest BCUT2D eigenvalue weighted by molar-refractivity contribution is 1.44. The molecular formula is C20H16N2. The number of hydrogen-bond donors (Lipinski definition) is 1. The van der Waals surface area contributed by atoms with Crippen molar-refractivity contribution < 1.29 is 0 Å². The van der Waals surface area contributed by atoms with Crippen molar-refractivity contribution in [3.05, 3.63) is 83.9 Å². The molecule has 106 valence electrons. The molecule has 0 aromatic heterocycles. The summed E-state index contributed by atoms with van der Waals surface area (Å²) < 4.78 is 0. The SMILES string of the molecule is Cc1ccc(C2=Nc3ccccc3-c3ccccc3N2)cc1. The lowest BCUT2D eigenvalue weighted by Crippen LogP contribution is -2.12. The van der Waals surface area contributed by atoms with Crippen LogP contribution in [-0.2, 0) is 0 Å². The molecule has 0 radical (unpaired) electrons. The largest absolute Gasteiger partial charge is 0.339 e. The number of aryl methyl sites for hydroxylation is 1. The molecule has 4 rings (SSSR count). The monoisotopic (exact) mass is 284 g/mol. The molecule has 0 bridgehead atoms. The van der Waals surface area contributed by atoms with E-state index in [0.29, 0.717) is 0 Å². The van der Waals surface area contributed by atoms with Crippen LogP contribution in [0.1, 0.15) is 11.1 Å². The summed E-state index contributed by atoms with van der Waals surface area (Å²) in [4.78, 5) is 4.86. The van der Waals surface area contributed by atoms with Gasteiger partial charge in [0.2, 0.25) is 0 Å². The van der Waals surface area contributed by atoms with Crippen LogP contribution in [0.5, 0.6) is 0 Å². The Balaban J connectivity index is 1.93. The van der Waals surface area contributed by atoms with E-state index in [-0.39, 0.29) is 0 Å². The smallest absolute Gasteiger partial charge is 0.138 e. The quantitative estimate of drug-likeness (QED) is 0.655. The minimum atomic E-state index is 0.886. The van der Waals surface area contributed by atoms with Gasteiger partial charge >= 0.3 is 0 Å². The molecule has 3 aromatic rings. The second kappa shape index (κ2) is 5.15. The average Bonchev–Trinajstić information content (AvgIpc) is 2.72. The first-order valence-electron chi connectivity index (χ1n) is 7.42. The minimum absolute atomic E-state index is 0.886. The van der Waals surface area contributed by atoms with Gasteiger partial charge in [0.1, 0.15) is 5.84 Å². The molecule has 0 spiro atoms. The molecule has 0 atom stereocenters. The van der Waals surface area contributed by atoms with Crippen LogP contribution >= 0.6 is 0 Å². The predicted molar refractivity (Wildman–Crippen MR) is 92.9 cm³/mol. The zero-order valence-corrected chi connectivity index (χ0v) is 12.4. The van der Waals surface area contributed by atoms with Crippen molar-refractivity contribution in [2.75, 3.05) is 5.32 Å². The van der Waals surface area contributed by atoms with Crippen molar-refractivity contribution in [3.63, 3.8) is 0 Å². The van der Waals surface area contributed by atoms with Crippen molar-refractivity contribution in [2.45, 2.75) is 6.92 Å². The van der Waals surface area contributed by atoms with Crippen LogP contribution in [0.4, 0.5) is 11.4 Å². The topological polar surface area (TPSA) is 24.4 Å². The van der Waals surface area contributed by atoms with Crippen molar-refractivity contribution >= 4 is 17.2 Å². The number of nitrogens with zero attached hydrogens (tertiary/aromatic N) is 1. The summed E-state index contributed by atoms with van der Waals surface area (Å²) in [5, 5.41) is 3.49. The standard InChI is InChI=1S/C20H16N2/c1-14-10-12-15(13-11-14)20-21-18-8-4-2-6-16(18)17-7-3-5-9-19(17)22-20/h2-13H,1H3,(H,21,22). The van der Waals surface area contributed by atoms with E-state index in [4.69, 9.17) is 4.99 Å². The molecule has 1 aliphatic heterocycles. The normalized spacial score (nSPS) is 12.5. The summed E-state index contributed by atoms with van der Waals surface area (Å²) in [7, 11) is 0. The Hall–Kier alpha value is -2.87. The molecule has 1 N–H and O–H groups in total. The van der Waals surface area contributed by atoms with Crippen LogP contribution in [0.25, 0.3) is 11.1 Å². The third-order valence-electron chi connectivity index (χ3n) is 3.93. The Morgan fingerprint density at radius 2 is 1.41 bits per heavy atom. The first kappa shape index (κ1) is 12.8. The molecule has 0 aliphatic carbocycles. The Labute approximate surface area is 130 Å². The van der Waals surface area contributed by atoms with Gasteiger partial charge in [-0.3, -0.25) is 0 Å². The predicted octanol–water partition coefficient (Wildman–Crippen LogP) is 5.17. The maximum Gasteiger partial charge on any atom is 0.138 e. The van der Waals surface area contributed by atoms with Gasteiger partial charge < -0.3 is 5.32 Å². The fraction of sp³-hybridized carbons (Fsp3) is 0.0500. The molecular weight excluding hydrogens is 268 g/mol.